The SMILES string of the molecule is CC(C)(C)c1ccc(C(C)(C)C)cc1.CC(C)(C)c1ccc2c(c1)C(c1ccccc1)(c1ccccc1)c1cc(C(C)(C)C)ccc1-2.CC(C)(C)c1ccc2c3ccc(C(C)(C)C)cc3n(-c3ccccc3)c2c1.CC(C)(C)c1ccc2oc3ccc(C(C)(C)C)cc3c2c1.CC(C)(C)c1cccc(-c2cccc(C(C)(C)C)c2)c1.CC(C)(C)c1ccccc1C(C)(C)C. The van der Waals surface area contributed by atoms with E-state index >= 15 is 0 Å². The number of aromatic nitrogens is 1. The molecule has 0 N–H and O–H groups in total. The van der Waals surface area contributed by atoms with Gasteiger partial charge in [0.25, 0.3) is 0 Å². The van der Waals surface area contributed by atoms with Crippen LogP contribution in [0, 0.1) is 0 Å². The zero-order valence-corrected chi connectivity index (χ0v) is 86.1. The van der Waals surface area contributed by atoms with Crippen LogP contribution in [-0.4, -0.2) is 4.57 Å². The monoisotopic (exact) mass is 1710 g/mol. The van der Waals surface area contributed by atoms with Crippen LogP contribution in [0.3, 0.4) is 0 Å². The second-order valence-electron chi connectivity index (χ2n) is 48.9. The molecule has 2 nitrogen and oxygen atoms in total. The number of hydrogen-bond acceptors (Lipinski definition) is 1. The molecular weight excluding hydrogens is 1560 g/mol. The zero-order valence-electron chi connectivity index (χ0n) is 86.1. The molecule has 0 bridgehead atoms. The topological polar surface area (TPSA) is 18.1 Å². The number of para-hydroxylation sites is 1. The average molecular weight is 1710 g/mol. The van der Waals surface area contributed by atoms with E-state index in [9.17, 15) is 0 Å². The predicted octanol–water partition coefficient (Wildman–Crippen LogP) is 36.7. The molecule has 0 amide bonds. The van der Waals surface area contributed by atoms with Crippen molar-refractivity contribution in [2.45, 2.75) is 320 Å². The predicted molar refractivity (Wildman–Crippen MR) is 567 cm³/mol. The summed E-state index contributed by atoms with van der Waals surface area (Å²) in [6.07, 6.45) is 0. The van der Waals surface area contributed by atoms with Gasteiger partial charge in [0.2, 0.25) is 0 Å². The number of hydrogen-bond donors (Lipinski definition) is 0. The van der Waals surface area contributed by atoms with E-state index in [2.05, 4.69) is 551 Å². The molecule has 2 aromatic heterocycles. The van der Waals surface area contributed by atoms with E-state index in [0.717, 1.165) is 11.2 Å². The van der Waals surface area contributed by atoms with Gasteiger partial charge in [0.05, 0.1) is 16.4 Å². The Morgan fingerprint density at radius 2 is 0.450 bits per heavy atom. The van der Waals surface area contributed by atoms with Gasteiger partial charge in [-0.2, -0.15) is 0 Å². The molecule has 676 valence electrons. The second kappa shape index (κ2) is 37.0. The maximum Gasteiger partial charge on any atom is 0.135 e. The van der Waals surface area contributed by atoms with Crippen LogP contribution < -0.4 is 0 Å². The maximum atomic E-state index is 5.99. The van der Waals surface area contributed by atoms with Crippen molar-refractivity contribution in [1.82, 2.24) is 4.57 Å². The van der Waals surface area contributed by atoms with Gasteiger partial charge in [-0.05, 0) is 225 Å². The summed E-state index contributed by atoms with van der Waals surface area (Å²) >= 11 is 0. The molecule has 1 aliphatic carbocycles. The van der Waals surface area contributed by atoms with Gasteiger partial charge in [0, 0.05) is 27.2 Å². The quantitative estimate of drug-likeness (QED) is 0.172. The number of benzene rings is 13. The summed E-state index contributed by atoms with van der Waals surface area (Å²) in [4.78, 5) is 0. The summed E-state index contributed by atoms with van der Waals surface area (Å²) in [7, 11) is 0. The minimum Gasteiger partial charge on any atom is -0.456 e. The van der Waals surface area contributed by atoms with E-state index < -0.39 is 0 Å². The molecule has 0 radical (unpaired) electrons. The third-order valence-corrected chi connectivity index (χ3v) is 25.9. The standard InChI is InChI=1S/C33H34.C26H29N.C20H24O.C20H26.2C14H22/c1-31(2,3)25-17-19-27-28-20-18-26(32(4,5)6)22-30(28)33(29(27)21-25,23-13-9-7-10-14-23)24-15-11-8-12-16-24;1-25(2,3)18-12-14-21-22-15-13-19(26(4,5)6)17-24(22)27(23(21)16-18)20-10-8-7-9-11-20;1-19(2,3)13-7-9-17-15(11-13)16-12-14(20(4,5)6)8-10-18(16)21-17;1-19(2,3)17-11-7-9-15(13-17)16-10-8-12-18(14-16)20(4,5)6;1-13(2,3)11-7-9-12(10-8-11)14(4,5)6;1-13(2,3)11-9-7-8-10-12(11)14(4,5)6/h7-22H,1-6H3;7-17H,1-6H3;7-12H,1-6H3;7-14H,1-6H3;2*7-10H,1-6H3. The lowest BCUT2D eigenvalue weighted by Gasteiger charge is -2.35. The summed E-state index contributed by atoms with van der Waals surface area (Å²) in [5.41, 5.74) is 35.0. The van der Waals surface area contributed by atoms with E-state index in [1.54, 1.807) is 0 Å². The van der Waals surface area contributed by atoms with E-state index in [4.69, 9.17) is 4.42 Å². The van der Waals surface area contributed by atoms with Gasteiger partial charge in [0.1, 0.15) is 11.2 Å². The van der Waals surface area contributed by atoms with Gasteiger partial charge in [-0.1, -0.05) is 498 Å². The molecule has 0 saturated heterocycles. The summed E-state index contributed by atoms with van der Waals surface area (Å²) < 4.78 is 8.41. The van der Waals surface area contributed by atoms with Gasteiger partial charge < -0.3 is 8.98 Å². The van der Waals surface area contributed by atoms with Crippen molar-refractivity contribution in [3.8, 4) is 27.9 Å². The highest BCUT2D eigenvalue weighted by Gasteiger charge is 2.47. The van der Waals surface area contributed by atoms with Crippen molar-refractivity contribution in [1.29, 1.82) is 0 Å². The lowest BCUT2D eigenvalue weighted by atomic mass is 9.66. The Bertz CT molecular complexity index is 5970. The molecule has 0 unspecified atom stereocenters. The van der Waals surface area contributed by atoms with Gasteiger partial charge >= 0.3 is 0 Å². The Kier molecular flexibility index (Phi) is 28.4. The summed E-state index contributed by atoms with van der Waals surface area (Å²) in [6, 6.07) is 110. The summed E-state index contributed by atoms with van der Waals surface area (Å²) in [6.45, 7) is 81.7. The van der Waals surface area contributed by atoms with Crippen molar-refractivity contribution in [2.75, 3.05) is 0 Å². The fraction of sp³-hybridized carbons (Fsp3) is 0.386. The first-order valence-corrected chi connectivity index (χ1v) is 47.5. The molecule has 13 aromatic carbocycles. The molecule has 129 heavy (non-hydrogen) atoms. The zero-order chi connectivity index (χ0) is 95.2. The first-order chi connectivity index (χ1) is 59.6. The van der Waals surface area contributed by atoms with Crippen LogP contribution in [0.5, 0.6) is 0 Å². The van der Waals surface area contributed by atoms with Crippen LogP contribution in [-0.2, 0) is 70.4 Å². The molecule has 2 heteroatoms. The van der Waals surface area contributed by atoms with E-state index in [-0.39, 0.29) is 70.4 Å². The van der Waals surface area contributed by atoms with Crippen LogP contribution in [0.25, 0.3) is 71.7 Å². The largest absolute Gasteiger partial charge is 0.456 e. The molecule has 15 aromatic rings. The summed E-state index contributed by atoms with van der Waals surface area (Å²) in [5.74, 6) is 0. The van der Waals surface area contributed by atoms with E-state index in [1.165, 1.54) is 150 Å². The van der Waals surface area contributed by atoms with Gasteiger partial charge in [0.15, 0.2) is 0 Å². The lowest BCUT2D eigenvalue weighted by molar-refractivity contribution is 0.530. The average Bonchev–Trinajstić information content (AvgIpc) is 1.50. The molecule has 0 fully saturated rings. The van der Waals surface area contributed by atoms with Crippen LogP contribution in [0.15, 0.2) is 302 Å². The van der Waals surface area contributed by atoms with Crippen molar-refractivity contribution < 1.29 is 4.42 Å². The molecule has 0 saturated carbocycles. The molecular formula is C127H157NO. The summed E-state index contributed by atoms with van der Waals surface area (Å²) in [5, 5.41) is 5.09. The number of nitrogens with zero attached hydrogens (tertiary/aromatic N) is 1. The highest BCUT2D eigenvalue weighted by molar-refractivity contribution is 6.10. The Hall–Kier alpha value is -10.5. The normalized spacial score (nSPS) is 13.3. The van der Waals surface area contributed by atoms with Crippen molar-refractivity contribution >= 4 is 43.7 Å². The third kappa shape index (κ3) is 23.1. The maximum absolute atomic E-state index is 5.99. The fourth-order valence-electron chi connectivity index (χ4n) is 17.5. The van der Waals surface area contributed by atoms with Crippen LogP contribution >= 0.6 is 0 Å². The number of furan rings is 1. The smallest absolute Gasteiger partial charge is 0.135 e. The molecule has 16 rings (SSSR count). The molecule has 2 heterocycles. The van der Waals surface area contributed by atoms with E-state index in [1.807, 2.05) is 0 Å². The van der Waals surface area contributed by atoms with E-state index in [0.29, 0.717) is 0 Å². The van der Waals surface area contributed by atoms with Gasteiger partial charge in [-0.3, -0.25) is 0 Å². The highest BCUT2D eigenvalue weighted by Crippen LogP contribution is 2.58. The van der Waals surface area contributed by atoms with Crippen LogP contribution in [0.2, 0.25) is 0 Å². The molecule has 1 aliphatic rings. The van der Waals surface area contributed by atoms with Crippen molar-refractivity contribution in [3.63, 3.8) is 0 Å². The molecule has 0 atom stereocenters. The lowest BCUT2D eigenvalue weighted by Crippen LogP contribution is -2.29. The highest BCUT2D eigenvalue weighted by atomic mass is 16.3. The Balaban J connectivity index is 0.000000154. The van der Waals surface area contributed by atoms with Crippen LogP contribution in [0.1, 0.15) is 338 Å². The fourth-order valence-corrected chi connectivity index (χ4v) is 17.5. The minimum absolute atomic E-state index is 0.0828. The second-order valence-corrected chi connectivity index (χ2v) is 48.9. The Morgan fingerprint density at radius 3 is 0.752 bits per heavy atom. The number of rotatable bonds is 4. The molecule has 0 spiro atoms. The Labute approximate surface area is 781 Å². The van der Waals surface area contributed by atoms with Gasteiger partial charge in [-0.15, -0.1) is 0 Å². The first kappa shape index (κ1) is 99.0. The number of fused-ring (bicyclic) bond motifs is 9. The first-order valence-electron chi connectivity index (χ1n) is 47.5. The minimum atomic E-state index is -0.338. The van der Waals surface area contributed by atoms with Gasteiger partial charge in [-0.25, -0.2) is 0 Å². The third-order valence-electron chi connectivity index (χ3n) is 25.9. The molecule has 0 aliphatic heterocycles. The Morgan fingerprint density at radius 1 is 0.194 bits per heavy atom. The van der Waals surface area contributed by atoms with Crippen molar-refractivity contribution in [3.05, 3.63) is 386 Å². The van der Waals surface area contributed by atoms with Crippen molar-refractivity contribution in [2.24, 2.45) is 0 Å². The van der Waals surface area contributed by atoms with Crippen LogP contribution in [0.4, 0.5) is 0 Å².